The number of anilines is 1. The summed E-state index contributed by atoms with van der Waals surface area (Å²) in [5.74, 6) is -0.248. The lowest BCUT2D eigenvalue weighted by Crippen LogP contribution is -2.22. The van der Waals surface area contributed by atoms with Crippen LogP contribution < -0.4 is 10.1 Å². The van der Waals surface area contributed by atoms with Crippen molar-refractivity contribution in [3.05, 3.63) is 41.7 Å². The van der Waals surface area contributed by atoms with Gasteiger partial charge in [-0.15, -0.1) is 18.3 Å². The third-order valence-electron chi connectivity index (χ3n) is 3.61. The molecule has 148 valence electrons. The Morgan fingerprint density at radius 2 is 1.89 bits per heavy atom. The van der Waals surface area contributed by atoms with Crippen molar-refractivity contribution in [2.45, 2.75) is 37.5 Å². The lowest BCUT2D eigenvalue weighted by Gasteiger charge is -2.12. The van der Waals surface area contributed by atoms with Crippen LogP contribution in [0.3, 0.4) is 0 Å². The number of rotatable bonds is 5. The van der Waals surface area contributed by atoms with Crippen molar-refractivity contribution in [2.75, 3.05) is 5.32 Å². The molecule has 1 N–H and O–H groups in total. The lowest BCUT2D eigenvalue weighted by molar-refractivity contribution is -0.274. The summed E-state index contributed by atoms with van der Waals surface area (Å²) in [6.07, 6.45) is -4.76. The van der Waals surface area contributed by atoms with Crippen LogP contribution in [0.15, 0.2) is 35.5 Å². The molecular weight excluding hydrogens is 395 g/mol. The van der Waals surface area contributed by atoms with E-state index in [1.54, 1.807) is 11.4 Å². The molecule has 1 aromatic carbocycles. The zero-order valence-corrected chi connectivity index (χ0v) is 15.9. The molecule has 2 aromatic heterocycles. The first-order chi connectivity index (χ1) is 13.1. The summed E-state index contributed by atoms with van der Waals surface area (Å²) in [7, 11) is 0. The number of amides is 1. The summed E-state index contributed by atoms with van der Waals surface area (Å²) in [5, 5.41) is 6.83. The lowest BCUT2D eigenvalue weighted by atomic mass is 10.3. The van der Waals surface area contributed by atoms with Gasteiger partial charge in [0.05, 0.1) is 5.25 Å². The Morgan fingerprint density at radius 3 is 2.54 bits per heavy atom. The van der Waals surface area contributed by atoms with Gasteiger partial charge < -0.3 is 10.1 Å². The number of thioether (sulfide) groups is 1. The first-order valence-electron chi connectivity index (χ1n) is 8.15. The molecule has 0 aliphatic heterocycles. The maximum Gasteiger partial charge on any atom is 0.573 e. The maximum atomic E-state index is 12.3. The molecule has 0 aliphatic carbocycles. The molecule has 11 heteroatoms. The number of alkyl halides is 3. The minimum absolute atomic E-state index is 0.339. The first kappa shape index (κ1) is 19.9. The molecule has 0 bridgehead atoms. The molecule has 3 aromatic rings. The van der Waals surface area contributed by atoms with Gasteiger partial charge in [0.25, 0.3) is 5.78 Å². The Bertz CT molecular complexity index is 1000. The van der Waals surface area contributed by atoms with Gasteiger partial charge in [0.15, 0.2) is 0 Å². The molecule has 0 spiro atoms. The molecule has 1 atom stereocenters. The normalized spacial score (nSPS) is 12.8. The van der Waals surface area contributed by atoms with E-state index in [1.165, 1.54) is 12.1 Å². The molecule has 0 saturated heterocycles. The number of nitrogens with one attached hydrogen (secondary N) is 1. The second kappa shape index (κ2) is 7.66. The number of aryl methyl sites for hydroxylation is 2. The second-order valence-electron chi connectivity index (χ2n) is 5.97. The predicted molar refractivity (Wildman–Crippen MR) is 97.3 cm³/mol. The molecule has 3 rings (SSSR count). The molecule has 7 nitrogen and oxygen atoms in total. The number of carbonyl (C=O) groups excluding carboxylic acids is 1. The van der Waals surface area contributed by atoms with Gasteiger partial charge in [-0.25, -0.2) is 9.50 Å². The summed E-state index contributed by atoms with van der Waals surface area (Å²) in [6.45, 7) is 5.42. The highest BCUT2D eigenvalue weighted by molar-refractivity contribution is 8.00. The van der Waals surface area contributed by atoms with E-state index in [2.05, 4.69) is 25.1 Å². The van der Waals surface area contributed by atoms with Crippen LogP contribution >= 0.6 is 11.8 Å². The summed E-state index contributed by atoms with van der Waals surface area (Å²) in [4.78, 5) is 20.9. The molecule has 1 amide bonds. The maximum absolute atomic E-state index is 12.3. The van der Waals surface area contributed by atoms with Gasteiger partial charge in [0, 0.05) is 17.1 Å². The van der Waals surface area contributed by atoms with Gasteiger partial charge in [-0.3, -0.25) is 4.79 Å². The average Bonchev–Trinajstić information content (AvgIpc) is 2.98. The number of hydrogen-bond donors (Lipinski definition) is 1. The van der Waals surface area contributed by atoms with E-state index in [-0.39, 0.29) is 11.7 Å². The van der Waals surface area contributed by atoms with Crippen molar-refractivity contribution >= 4 is 29.1 Å². The van der Waals surface area contributed by atoms with Crippen LogP contribution in [-0.4, -0.2) is 37.1 Å². The average molecular weight is 411 g/mol. The Hall–Kier alpha value is -2.82. The van der Waals surface area contributed by atoms with Gasteiger partial charge in [-0.05, 0) is 51.1 Å². The van der Waals surface area contributed by atoms with E-state index in [0.29, 0.717) is 16.6 Å². The zero-order chi connectivity index (χ0) is 20.5. The van der Waals surface area contributed by atoms with Crippen molar-refractivity contribution < 1.29 is 22.7 Å². The highest BCUT2D eigenvalue weighted by Gasteiger charge is 2.31. The summed E-state index contributed by atoms with van der Waals surface area (Å²) in [6, 6.07) is 6.78. The Kier molecular flexibility index (Phi) is 5.45. The molecule has 0 aliphatic rings. The highest BCUT2D eigenvalue weighted by atomic mass is 32.2. The molecule has 0 fully saturated rings. The number of fused-ring (bicyclic) bond motifs is 1. The van der Waals surface area contributed by atoms with Crippen molar-refractivity contribution in [1.82, 2.24) is 19.6 Å². The van der Waals surface area contributed by atoms with Crippen molar-refractivity contribution in [1.29, 1.82) is 0 Å². The van der Waals surface area contributed by atoms with E-state index in [9.17, 15) is 18.0 Å². The Labute approximate surface area is 162 Å². The number of hydrogen-bond acceptors (Lipinski definition) is 6. The molecular formula is C17H16F3N5O2S. The first-order valence-corrected chi connectivity index (χ1v) is 9.03. The topological polar surface area (TPSA) is 81.4 Å². The molecule has 0 saturated carbocycles. The largest absolute Gasteiger partial charge is 0.573 e. The SMILES string of the molecule is Cc1cc(C)n2nc(SC(C)C(=O)Nc3ccc(OC(F)(F)F)cc3)nc2n1. The third-order valence-corrected chi connectivity index (χ3v) is 4.56. The van der Waals surface area contributed by atoms with Gasteiger partial charge in [0.2, 0.25) is 11.1 Å². The van der Waals surface area contributed by atoms with Gasteiger partial charge >= 0.3 is 6.36 Å². The number of benzene rings is 1. The fourth-order valence-corrected chi connectivity index (χ4v) is 3.14. The van der Waals surface area contributed by atoms with Gasteiger partial charge in [-0.2, -0.15) is 4.98 Å². The monoisotopic (exact) mass is 411 g/mol. The van der Waals surface area contributed by atoms with Crippen LogP contribution in [0.5, 0.6) is 5.75 Å². The predicted octanol–water partition coefficient (Wildman–Crippen LogP) is 3.76. The van der Waals surface area contributed by atoms with Crippen LogP contribution in [0.1, 0.15) is 18.3 Å². The number of carbonyl (C=O) groups is 1. The molecule has 2 heterocycles. The summed E-state index contributed by atoms with van der Waals surface area (Å²) in [5.41, 5.74) is 2.04. The van der Waals surface area contributed by atoms with Crippen LogP contribution in [0.25, 0.3) is 5.78 Å². The van der Waals surface area contributed by atoms with Gasteiger partial charge in [0.1, 0.15) is 5.75 Å². The number of aromatic nitrogens is 4. The summed E-state index contributed by atoms with van der Waals surface area (Å²) < 4.78 is 41.9. The van der Waals surface area contributed by atoms with Crippen molar-refractivity contribution in [3.63, 3.8) is 0 Å². The molecule has 0 radical (unpaired) electrons. The minimum Gasteiger partial charge on any atom is -0.406 e. The second-order valence-corrected chi connectivity index (χ2v) is 7.27. The Morgan fingerprint density at radius 1 is 1.21 bits per heavy atom. The van der Waals surface area contributed by atoms with Crippen LogP contribution in [0, 0.1) is 13.8 Å². The van der Waals surface area contributed by atoms with Crippen LogP contribution in [0.2, 0.25) is 0 Å². The van der Waals surface area contributed by atoms with Crippen LogP contribution in [-0.2, 0) is 4.79 Å². The number of nitrogens with zero attached hydrogens (tertiary/aromatic N) is 4. The van der Waals surface area contributed by atoms with Crippen molar-refractivity contribution in [2.24, 2.45) is 0 Å². The van der Waals surface area contributed by atoms with Gasteiger partial charge in [-0.1, -0.05) is 11.8 Å². The van der Waals surface area contributed by atoms with Crippen LogP contribution in [0.4, 0.5) is 18.9 Å². The molecule has 1 unspecified atom stereocenters. The molecule has 28 heavy (non-hydrogen) atoms. The number of ether oxygens (including phenoxy) is 1. The zero-order valence-electron chi connectivity index (χ0n) is 15.1. The van der Waals surface area contributed by atoms with E-state index < -0.39 is 11.6 Å². The van der Waals surface area contributed by atoms with E-state index in [4.69, 9.17) is 0 Å². The highest BCUT2D eigenvalue weighted by Crippen LogP contribution is 2.25. The van der Waals surface area contributed by atoms with E-state index in [0.717, 1.165) is 35.3 Å². The van der Waals surface area contributed by atoms with E-state index in [1.807, 2.05) is 19.9 Å². The Balaban J connectivity index is 1.64. The van der Waals surface area contributed by atoms with Crippen molar-refractivity contribution in [3.8, 4) is 5.75 Å². The quantitative estimate of drug-likeness (QED) is 0.644. The number of halogens is 3. The summed E-state index contributed by atoms with van der Waals surface area (Å²) >= 11 is 1.15. The third kappa shape index (κ3) is 4.91. The van der Waals surface area contributed by atoms with E-state index >= 15 is 0 Å². The minimum atomic E-state index is -4.76. The fourth-order valence-electron chi connectivity index (χ4n) is 2.39. The standard InChI is InChI=1S/C17H16F3N5O2S/c1-9-8-10(2)25-15(21-9)23-16(24-25)28-11(3)14(26)22-12-4-6-13(7-5-12)27-17(18,19)20/h4-8,11H,1-3H3,(H,22,26). The smallest absolute Gasteiger partial charge is 0.406 e. The fraction of sp³-hybridized carbons (Fsp3) is 0.294.